The normalized spacial score (nSPS) is 17.2. The van der Waals surface area contributed by atoms with Gasteiger partial charge in [-0.05, 0) is 37.5 Å². The van der Waals surface area contributed by atoms with E-state index in [1.54, 1.807) is 25.3 Å². The molecule has 1 fully saturated rings. The number of ether oxygens (including phenoxy) is 1. The lowest BCUT2D eigenvalue weighted by Gasteiger charge is -2.44. The third-order valence-corrected chi connectivity index (χ3v) is 7.15. The first-order valence-electron chi connectivity index (χ1n) is 12.7. The molecule has 5 rings (SSSR count). The van der Waals surface area contributed by atoms with Gasteiger partial charge in [0.15, 0.2) is 0 Å². The van der Waals surface area contributed by atoms with Crippen molar-refractivity contribution in [3.05, 3.63) is 70.2 Å². The van der Waals surface area contributed by atoms with Crippen molar-refractivity contribution in [1.29, 1.82) is 5.26 Å². The number of nitrogens with one attached hydrogen (secondary N) is 4. The molecule has 0 radical (unpaired) electrons. The highest BCUT2D eigenvalue weighted by Crippen LogP contribution is 2.37. The maximum Gasteiger partial charge on any atom is 0.213 e. The van der Waals surface area contributed by atoms with Crippen LogP contribution >= 0.6 is 11.6 Å². The van der Waals surface area contributed by atoms with Gasteiger partial charge in [-0.15, -0.1) is 5.53 Å². The molecule has 0 saturated carbocycles. The van der Waals surface area contributed by atoms with Crippen molar-refractivity contribution in [3.63, 3.8) is 0 Å². The third kappa shape index (κ3) is 5.43. The number of nitriles is 1. The summed E-state index contributed by atoms with van der Waals surface area (Å²) in [5, 5.41) is 20.0. The van der Waals surface area contributed by atoms with Crippen LogP contribution < -0.4 is 21.6 Å². The minimum absolute atomic E-state index is 0.0121. The molecular weight excluding hydrogens is 519 g/mol. The van der Waals surface area contributed by atoms with Crippen molar-refractivity contribution in [2.24, 2.45) is 5.41 Å². The van der Waals surface area contributed by atoms with E-state index in [1.807, 2.05) is 17.3 Å². The van der Waals surface area contributed by atoms with Crippen LogP contribution in [0.3, 0.4) is 0 Å². The Hall–Kier alpha value is -3.65. The molecule has 204 valence electrons. The standard InChI is InChI=1S/C28H32ClFN8O/c1-16-19(6-7-23(30)34-16)26(22-12-38(37-36-22)28(5)14-39-15-28)35-18-8-20-24(33-13-27(2,3)4)17(10-31)11-32-25(20)21(29)9-18/h6-9,11-12,26,35-37H,13-15H2,1-5H3,(H,32,33)/t26-/m0/s1. The zero-order valence-electron chi connectivity index (χ0n) is 22.6. The number of benzene rings is 1. The van der Waals surface area contributed by atoms with Crippen LogP contribution in [0, 0.1) is 29.6 Å². The minimum atomic E-state index is -0.541. The van der Waals surface area contributed by atoms with Crippen LogP contribution in [-0.4, -0.2) is 40.3 Å². The number of pyridine rings is 2. The molecular formula is C28H32ClFN8O. The highest BCUT2D eigenvalue weighted by Gasteiger charge is 2.41. The zero-order chi connectivity index (χ0) is 27.9. The SMILES string of the molecule is Cc1nc(F)ccc1[C@H](Nc1cc(Cl)c2ncc(C#N)c(NCC(C)(C)C)c2c1)C1=CN(C2(C)COC2)NN1. The number of aromatic nitrogens is 2. The largest absolute Gasteiger partial charge is 0.383 e. The first kappa shape index (κ1) is 26.9. The van der Waals surface area contributed by atoms with E-state index < -0.39 is 12.0 Å². The fourth-order valence-corrected chi connectivity index (χ4v) is 4.88. The molecule has 1 atom stereocenters. The van der Waals surface area contributed by atoms with Crippen molar-refractivity contribution >= 4 is 33.9 Å². The van der Waals surface area contributed by atoms with Gasteiger partial charge in [0.2, 0.25) is 5.95 Å². The van der Waals surface area contributed by atoms with Crippen LogP contribution in [0.5, 0.6) is 0 Å². The molecule has 0 bridgehead atoms. The van der Waals surface area contributed by atoms with Gasteiger partial charge in [0.05, 0.1) is 46.7 Å². The van der Waals surface area contributed by atoms with Gasteiger partial charge in [-0.25, -0.2) is 4.98 Å². The Morgan fingerprint density at radius 3 is 2.72 bits per heavy atom. The summed E-state index contributed by atoms with van der Waals surface area (Å²) in [6.07, 6.45) is 3.53. The van der Waals surface area contributed by atoms with Crippen LogP contribution in [0.25, 0.3) is 10.9 Å². The molecule has 2 aliphatic rings. The Morgan fingerprint density at radius 2 is 2.08 bits per heavy atom. The number of anilines is 2. The minimum Gasteiger partial charge on any atom is -0.383 e. The first-order chi connectivity index (χ1) is 18.5. The van der Waals surface area contributed by atoms with Gasteiger partial charge >= 0.3 is 0 Å². The van der Waals surface area contributed by atoms with E-state index in [2.05, 4.69) is 65.3 Å². The highest BCUT2D eigenvalue weighted by atomic mass is 35.5. The number of rotatable bonds is 7. The molecule has 4 N–H and O–H groups in total. The zero-order valence-corrected chi connectivity index (χ0v) is 23.4. The number of nitrogens with zero attached hydrogens (tertiary/aromatic N) is 4. The summed E-state index contributed by atoms with van der Waals surface area (Å²) in [5.41, 5.74) is 10.8. The molecule has 0 aliphatic carbocycles. The maximum absolute atomic E-state index is 13.9. The van der Waals surface area contributed by atoms with Gasteiger partial charge in [0, 0.05) is 41.3 Å². The summed E-state index contributed by atoms with van der Waals surface area (Å²) >= 11 is 6.73. The van der Waals surface area contributed by atoms with Crippen LogP contribution in [0.4, 0.5) is 15.8 Å². The topological polar surface area (TPSA) is 110 Å². The van der Waals surface area contributed by atoms with Gasteiger partial charge < -0.3 is 20.8 Å². The Bertz CT molecular complexity index is 1490. The molecule has 39 heavy (non-hydrogen) atoms. The van der Waals surface area contributed by atoms with Gasteiger partial charge in [-0.1, -0.05) is 38.4 Å². The molecule has 1 aromatic carbocycles. The predicted octanol–water partition coefficient (Wildman–Crippen LogP) is 5.17. The Labute approximate surface area is 232 Å². The monoisotopic (exact) mass is 550 g/mol. The first-order valence-corrected chi connectivity index (χ1v) is 13.1. The summed E-state index contributed by atoms with van der Waals surface area (Å²) in [5.74, 6) is -0.541. The van der Waals surface area contributed by atoms with Crippen LogP contribution in [0.1, 0.15) is 50.6 Å². The van der Waals surface area contributed by atoms with Gasteiger partial charge in [0.25, 0.3) is 0 Å². The summed E-state index contributed by atoms with van der Waals surface area (Å²) in [6, 6.07) is 8.63. The van der Waals surface area contributed by atoms with E-state index in [9.17, 15) is 9.65 Å². The number of halogens is 2. The van der Waals surface area contributed by atoms with E-state index in [0.717, 1.165) is 16.6 Å². The van der Waals surface area contributed by atoms with E-state index in [-0.39, 0.29) is 11.0 Å². The molecule has 3 aromatic rings. The van der Waals surface area contributed by atoms with E-state index in [1.165, 1.54) is 6.07 Å². The van der Waals surface area contributed by atoms with Crippen LogP contribution in [-0.2, 0) is 4.74 Å². The Balaban J connectivity index is 1.58. The van der Waals surface area contributed by atoms with E-state index in [4.69, 9.17) is 16.3 Å². The second-order valence-electron chi connectivity index (χ2n) is 11.5. The molecule has 0 unspecified atom stereocenters. The molecule has 2 aromatic heterocycles. The predicted molar refractivity (Wildman–Crippen MR) is 150 cm³/mol. The van der Waals surface area contributed by atoms with E-state index in [0.29, 0.717) is 52.9 Å². The van der Waals surface area contributed by atoms with Gasteiger partial charge in [-0.2, -0.15) is 9.65 Å². The molecule has 0 spiro atoms. The molecule has 0 amide bonds. The van der Waals surface area contributed by atoms with Crippen LogP contribution in [0.15, 0.2) is 42.4 Å². The van der Waals surface area contributed by atoms with Crippen LogP contribution in [0.2, 0.25) is 5.02 Å². The fourth-order valence-electron chi connectivity index (χ4n) is 4.61. The lowest BCUT2D eigenvalue weighted by molar-refractivity contribution is -0.129. The third-order valence-electron chi connectivity index (χ3n) is 6.86. The summed E-state index contributed by atoms with van der Waals surface area (Å²) in [7, 11) is 0. The number of hydrogen-bond acceptors (Lipinski definition) is 9. The van der Waals surface area contributed by atoms with E-state index >= 15 is 0 Å². The van der Waals surface area contributed by atoms with Crippen molar-refractivity contribution in [3.8, 4) is 6.07 Å². The van der Waals surface area contributed by atoms with Gasteiger partial charge in [-0.3, -0.25) is 9.99 Å². The second-order valence-corrected chi connectivity index (χ2v) is 11.9. The van der Waals surface area contributed by atoms with Crippen molar-refractivity contribution in [2.75, 3.05) is 30.4 Å². The highest BCUT2D eigenvalue weighted by molar-refractivity contribution is 6.35. The summed E-state index contributed by atoms with van der Waals surface area (Å²) in [6.45, 7) is 12.1. The average Bonchev–Trinajstić information content (AvgIpc) is 3.34. The number of fused-ring (bicyclic) bond motifs is 1. The molecule has 11 heteroatoms. The second kappa shape index (κ2) is 10.2. The molecule has 2 aliphatic heterocycles. The fraction of sp³-hybridized carbons (Fsp3) is 0.393. The maximum atomic E-state index is 13.9. The van der Waals surface area contributed by atoms with Crippen molar-refractivity contribution in [1.82, 2.24) is 25.9 Å². The van der Waals surface area contributed by atoms with Crippen molar-refractivity contribution < 1.29 is 9.13 Å². The summed E-state index contributed by atoms with van der Waals surface area (Å²) in [4.78, 5) is 8.52. The van der Waals surface area contributed by atoms with Crippen molar-refractivity contribution in [2.45, 2.75) is 46.2 Å². The Kier molecular flexibility index (Phi) is 7.01. The molecule has 9 nitrogen and oxygen atoms in total. The van der Waals surface area contributed by atoms with Gasteiger partial charge in [0.1, 0.15) is 11.6 Å². The lowest BCUT2D eigenvalue weighted by Crippen LogP contribution is -2.62. The number of aryl methyl sites for hydroxylation is 1. The Morgan fingerprint density at radius 1 is 1.31 bits per heavy atom. The smallest absolute Gasteiger partial charge is 0.213 e. The average molecular weight is 551 g/mol. The molecule has 1 saturated heterocycles. The number of hydrazine groups is 2. The summed E-state index contributed by atoms with van der Waals surface area (Å²) < 4.78 is 19.4. The quantitative estimate of drug-likeness (QED) is 0.296. The number of hydrogen-bond donors (Lipinski definition) is 4. The lowest BCUT2D eigenvalue weighted by atomic mass is 9.96. The molecule has 4 heterocycles.